The van der Waals surface area contributed by atoms with Gasteiger partial charge in [-0.25, -0.2) is 4.98 Å². The van der Waals surface area contributed by atoms with Crippen molar-refractivity contribution in [1.82, 2.24) is 19.7 Å². The highest BCUT2D eigenvalue weighted by molar-refractivity contribution is 5.92. The van der Waals surface area contributed by atoms with E-state index in [4.69, 9.17) is 4.74 Å². The predicted molar refractivity (Wildman–Crippen MR) is 118 cm³/mol. The van der Waals surface area contributed by atoms with Crippen molar-refractivity contribution in [2.75, 3.05) is 20.2 Å². The number of nitrogens with zero attached hydrogens (tertiary/aromatic N) is 2. The van der Waals surface area contributed by atoms with Crippen molar-refractivity contribution in [3.05, 3.63) is 53.9 Å². The van der Waals surface area contributed by atoms with Gasteiger partial charge in [-0.2, -0.15) is 0 Å². The van der Waals surface area contributed by atoms with Crippen LogP contribution in [0.2, 0.25) is 0 Å². The first kappa shape index (κ1) is 18.3. The molecule has 5 rings (SSSR count). The minimum atomic E-state index is 0.406. The van der Waals surface area contributed by atoms with Crippen LogP contribution < -0.4 is 10.1 Å². The summed E-state index contributed by atoms with van der Waals surface area (Å²) in [7, 11) is 1.71. The van der Waals surface area contributed by atoms with Crippen molar-refractivity contribution in [2.24, 2.45) is 0 Å². The zero-order valence-electron chi connectivity index (χ0n) is 17.3. The molecule has 1 aromatic carbocycles. The van der Waals surface area contributed by atoms with Gasteiger partial charge in [-0.3, -0.25) is 4.40 Å². The standard InChI is InChI=1S/C24H28N4O/c1-15(2)23-19-12-17(16-6-8-25-9-7-16)4-5-20(19)27-24(23)18-13-21-26-10-11-28(21)22(14-18)29-3/h4-5,10-16,25,27H,6-9H2,1-3H3. The maximum absolute atomic E-state index is 5.62. The van der Waals surface area contributed by atoms with Crippen molar-refractivity contribution in [1.29, 1.82) is 0 Å². The summed E-state index contributed by atoms with van der Waals surface area (Å²) in [6, 6.07) is 11.2. The molecule has 0 spiro atoms. The fraction of sp³-hybridized carbons (Fsp3) is 0.375. The zero-order valence-corrected chi connectivity index (χ0v) is 17.3. The van der Waals surface area contributed by atoms with E-state index < -0.39 is 0 Å². The summed E-state index contributed by atoms with van der Waals surface area (Å²) in [6.45, 7) is 6.77. The molecule has 0 unspecified atom stereocenters. The number of ether oxygens (including phenoxy) is 1. The third-order valence-corrected chi connectivity index (χ3v) is 6.22. The molecule has 29 heavy (non-hydrogen) atoms. The number of nitrogens with one attached hydrogen (secondary N) is 2. The van der Waals surface area contributed by atoms with Gasteiger partial charge in [0.25, 0.3) is 0 Å². The average molecular weight is 389 g/mol. The number of fused-ring (bicyclic) bond motifs is 2. The van der Waals surface area contributed by atoms with Crippen LogP contribution >= 0.6 is 0 Å². The second-order valence-corrected chi connectivity index (χ2v) is 8.34. The molecule has 150 valence electrons. The number of benzene rings is 1. The first-order chi connectivity index (χ1) is 14.2. The molecule has 1 aliphatic heterocycles. The monoisotopic (exact) mass is 388 g/mol. The van der Waals surface area contributed by atoms with E-state index in [1.54, 1.807) is 7.11 Å². The molecule has 1 fully saturated rings. The number of pyridine rings is 1. The molecule has 1 saturated heterocycles. The van der Waals surface area contributed by atoms with E-state index in [0.29, 0.717) is 11.8 Å². The van der Waals surface area contributed by atoms with Crippen LogP contribution in [0.3, 0.4) is 0 Å². The van der Waals surface area contributed by atoms with Crippen LogP contribution in [0.25, 0.3) is 27.8 Å². The maximum atomic E-state index is 5.62. The van der Waals surface area contributed by atoms with Gasteiger partial charge in [0.15, 0.2) is 5.88 Å². The molecular formula is C24H28N4O. The number of rotatable bonds is 4. The maximum Gasteiger partial charge on any atom is 0.199 e. The molecule has 0 amide bonds. The molecule has 1 aliphatic rings. The fourth-order valence-corrected chi connectivity index (χ4v) is 4.76. The summed E-state index contributed by atoms with van der Waals surface area (Å²) >= 11 is 0. The van der Waals surface area contributed by atoms with Crippen LogP contribution in [0, 0.1) is 0 Å². The van der Waals surface area contributed by atoms with Crippen molar-refractivity contribution in [3.8, 4) is 17.1 Å². The van der Waals surface area contributed by atoms with Crippen LogP contribution in [0.1, 0.15) is 49.7 Å². The third-order valence-electron chi connectivity index (χ3n) is 6.22. The van der Waals surface area contributed by atoms with Crippen LogP contribution in [0.5, 0.6) is 5.88 Å². The molecule has 3 aromatic heterocycles. The lowest BCUT2D eigenvalue weighted by Crippen LogP contribution is -2.26. The number of H-pyrrole nitrogens is 1. The van der Waals surface area contributed by atoms with E-state index in [1.807, 2.05) is 16.8 Å². The summed E-state index contributed by atoms with van der Waals surface area (Å²) in [4.78, 5) is 8.18. The fourth-order valence-electron chi connectivity index (χ4n) is 4.76. The summed E-state index contributed by atoms with van der Waals surface area (Å²) in [5.74, 6) is 1.85. The molecular weight excluding hydrogens is 360 g/mol. The van der Waals surface area contributed by atoms with Crippen molar-refractivity contribution in [2.45, 2.75) is 38.5 Å². The second kappa shape index (κ2) is 7.23. The van der Waals surface area contributed by atoms with Gasteiger partial charge in [0, 0.05) is 34.9 Å². The Balaban J connectivity index is 1.68. The van der Waals surface area contributed by atoms with E-state index in [2.05, 4.69) is 59.5 Å². The Labute approximate surface area is 171 Å². The molecule has 4 aromatic rings. The van der Waals surface area contributed by atoms with Gasteiger partial charge in [-0.05, 0) is 67.1 Å². The van der Waals surface area contributed by atoms with Gasteiger partial charge in [-0.1, -0.05) is 19.9 Å². The normalized spacial score (nSPS) is 15.6. The molecule has 0 bridgehead atoms. The lowest BCUT2D eigenvalue weighted by atomic mass is 9.88. The number of hydrogen-bond donors (Lipinski definition) is 2. The average Bonchev–Trinajstić information content (AvgIpc) is 3.37. The van der Waals surface area contributed by atoms with Gasteiger partial charge < -0.3 is 15.0 Å². The number of imidazole rings is 1. The molecule has 4 heterocycles. The highest BCUT2D eigenvalue weighted by Gasteiger charge is 2.21. The Morgan fingerprint density at radius 3 is 2.72 bits per heavy atom. The molecule has 0 radical (unpaired) electrons. The van der Waals surface area contributed by atoms with Crippen LogP contribution in [-0.2, 0) is 0 Å². The van der Waals surface area contributed by atoms with E-state index in [-0.39, 0.29) is 0 Å². The van der Waals surface area contributed by atoms with Gasteiger partial charge in [0.2, 0.25) is 0 Å². The lowest BCUT2D eigenvalue weighted by Gasteiger charge is -2.23. The first-order valence-electron chi connectivity index (χ1n) is 10.5. The number of aromatic nitrogens is 3. The van der Waals surface area contributed by atoms with E-state index in [0.717, 1.165) is 30.2 Å². The minimum absolute atomic E-state index is 0.406. The Hall–Kier alpha value is -2.79. The Kier molecular flexibility index (Phi) is 4.55. The molecule has 5 nitrogen and oxygen atoms in total. The van der Waals surface area contributed by atoms with Crippen molar-refractivity contribution in [3.63, 3.8) is 0 Å². The van der Waals surface area contributed by atoms with Crippen molar-refractivity contribution >= 4 is 16.6 Å². The minimum Gasteiger partial charge on any atom is -0.482 e. The van der Waals surface area contributed by atoms with Gasteiger partial charge in [0.1, 0.15) is 5.65 Å². The molecule has 0 atom stereocenters. The summed E-state index contributed by atoms with van der Waals surface area (Å²) in [5, 5.41) is 4.82. The zero-order chi connectivity index (χ0) is 20.0. The lowest BCUT2D eigenvalue weighted by molar-refractivity contribution is 0.392. The van der Waals surface area contributed by atoms with E-state index in [9.17, 15) is 0 Å². The summed E-state index contributed by atoms with van der Waals surface area (Å²) in [5.41, 5.74) is 7.21. The van der Waals surface area contributed by atoms with Gasteiger partial charge in [0.05, 0.1) is 12.8 Å². The van der Waals surface area contributed by atoms with Gasteiger partial charge >= 0.3 is 0 Å². The first-order valence-corrected chi connectivity index (χ1v) is 10.5. The molecule has 2 N–H and O–H groups in total. The highest BCUT2D eigenvalue weighted by Crippen LogP contribution is 2.39. The number of piperidine rings is 1. The third kappa shape index (κ3) is 3.10. The topological polar surface area (TPSA) is 54.3 Å². The second-order valence-electron chi connectivity index (χ2n) is 8.34. The summed E-state index contributed by atoms with van der Waals surface area (Å²) in [6.07, 6.45) is 6.17. The van der Waals surface area contributed by atoms with Crippen LogP contribution in [0.15, 0.2) is 42.7 Å². The smallest absolute Gasteiger partial charge is 0.199 e. The van der Waals surface area contributed by atoms with Crippen LogP contribution in [-0.4, -0.2) is 34.6 Å². The largest absolute Gasteiger partial charge is 0.482 e. The number of hydrogen-bond acceptors (Lipinski definition) is 3. The Morgan fingerprint density at radius 2 is 1.97 bits per heavy atom. The summed E-state index contributed by atoms with van der Waals surface area (Å²) < 4.78 is 7.59. The van der Waals surface area contributed by atoms with Gasteiger partial charge in [-0.15, -0.1) is 0 Å². The highest BCUT2D eigenvalue weighted by atomic mass is 16.5. The van der Waals surface area contributed by atoms with E-state index >= 15 is 0 Å². The SMILES string of the molecule is COc1cc(-c2[nH]c3ccc(C4CCNCC4)cc3c2C(C)C)cc2nccn12. The molecule has 0 aliphatic carbocycles. The predicted octanol–water partition coefficient (Wildman–Crippen LogP) is 5.08. The molecule has 0 saturated carbocycles. The van der Waals surface area contributed by atoms with Crippen molar-refractivity contribution < 1.29 is 4.74 Å². The quantitative estimate of drug-likeness (QED) is 0.512. The Morgan fingerprint density at radius 1 is 1.14 bits per heavy atom. The van der Waals surface area contributed by atoms with Crippen LogP contribution in [0.4, 0.5) is 0 Å². The number of aromatic amines is 1. The molecule has 5 heteroatoms. The van der Waals surface area contributed by atoms with E-state index in [1.165, 1.54) is 40.6 Å². The number of methoxy groups -OCH3 is 1. The Bertz CT molecular complexity index is 1160.